The van der Waals surface area contributed by atoms with Crippen LogP contribution in [0, 0.1) is 0 Å². The molecule has 1 N–H and O–H groups in total. The van der Waals surface area contributed by atoms with Crippen LogP contribution >= 0.6 is 23.4 Å². The maximum Gasteiger partial charge on any atom is 0.256 e. The van der Waals surface area contributed by atoms with E-state index in [0.29, 0.717) is 22.0 Å². The highest BCUT2D eigenvalue weighted by atomic mass is 35.5. The number of rotatable bonds is 6. The third-order valence-electron chi connectivity index (χ3n) is 4.02. The van der Waals surface area contributed by atoms with Crippen LogP contribution < -0.4 is 15.5 Å². The topological polar surface area (TPSA) is 51.2 Å². The molecule has 0 aliphatic carbocycles. The molecule has 0 saturated carbocycles. The molecule has 0 unspecified atom stereocenters. The molecule has 3 rings (SSSR count). The first-order valence-electron chi connectivity index (χ1n) is 8.34. The van der Waals surface area contributed by atoms with Gasteiger partial charge in [-0.1, -0.05) is 29.2 Å². The van der Waals surface area contributed by atoms with Crippen molar-refractivity contribution in [2.45, 2.75) is 10.6 Å². The Kier molecular flexibility index (Phi) is 6.42. The number of methoxy groups -OCH3 is 1. The summed E-state index contributed by atoms with van der Waals surface area (Å²) in [7, 11) is 3.47. The fraction of sp³-hybridized carbons (Fsp3) is 0.100. The standard InChI is InChI=1S/C20H18BClN2O2S/c1-26-18-10-15(21)17(11-16(18)22)24-20(25)14-4-2-3-5-19(14)27-12-13-6-8-23-9-7-13/h2-11H,12,21H2,1H3,(H,24,25). The van der Waals surface area contributed by atoms with Gasteiger partial charge in [0.05, 0.1) is 17.7 Å². The number of hydrogen-bond acceptors (Lipinski definition) is 4. The molecule has 0 bridgehead atoms. The number of hydrogen-bond donors (Lipinski definition) is 1. The quantitative estimate of drug-likeness (QED) is 0.511. The van der Waals surface area contributed by atoms with E-state index < -0.39 is 0 Å². The molecule has 0 aliphatic rings. The molecule has 1 amide bonds. The zero-order valence-corrected chi connectivity index (χ0v) is 16.6. The number of anilines is 1. The molecule has 1 heterocycles. The van der Waals surface area contributed by atoms with Crippen LogP contribution in [0.15, 0.2) is 65.8 Å². The van der Waals surface area contributed by atoms with E-state index in [0.717, 1.165) is 21.7 Å². The molecule has 0 saturated heterocycles. The third kappa shape index (κ3) is 4.84. The number of carbonyl (C=O) groups excluding carboxylic acids is 1. The number of nitrogens with one attached hydrogen (secondary N) is 1. The first-order valence-corrected chi connectivity index (χ1v) is 9.71. The van der Waals surface area contributed by atoms with Crippen molar-refractivity contribution in [3.63, 3.8) is 0 Å². The van der Waals surface area contributed by atoms with Gasteiger partial charge in [0.15, 0.2) is 0 Å². The van der Waals surface area contributed by atoms with Crippen molar-refractivity contribution in [3.8, 4) is 5.75 Å². The molecule has 1 aromatic heterocycles. The Morgan fingerprint density at radius 2 is 1.96 bits per heavy atom. The fourth-order valence-corrected chi connectivity index (χ4v) is 3.80. The lowest BCUT2D eigenvalue weighted by molar-refractivity contribution is 0.102. The summed E-state index contributed by atoms with van der Waals surface area (Å²) < 4.78 is 5.21. The Morgan fingerprint density at radius 1 is 1.22 bits per heavy atom. The van der Waals surface area contributed by atoms with Gasteiger partial charge in [-0.15, -0.1) is 11.8 Å². The first kappa shape index (κ1) is 19.3. The fourth-order valence-electron chi connectivity index (χ4n) is 2.56. The van der Waals surface area contributed by atoms with Crippen LogP contribution in [0.25, 0.3) is 0 Å². The van der Waals surface area contributed by atoms with Crippen molar-refractivity contribution in [1.82, 2.24) is 4.98 Å². The summed E-state index contributed by atoms with van der Waals surface area (Å²) in [4.78, 5) is 17.8. The Morgan fingerprint density at radius 3 is 2.70 bits per heavy atom. The van der Waals surface area contributed by atoms with E-state index in [1.54, 1.807) is 37.3 Å². The molecular weight excluding hydrogens is 379 g/mol. The minimum absolute atomic E-state index is 0.169. The smallest absolute Gasteiger partial charge is 0.256 e. The van der Waals surface area contributed by atoms with Crippen LogP contribution in [0.3, 0.4) is 0 Å². The first-order chi connectivity index (χ1) is 13.1. The monoisotopic (exact) mass is 396 g/mol. The molecule has 3 aromatic rings. The van der Waals surface area contributed by atoms with Crippen LogP contribution in [0.2, 0.25) is 5.02 Å². The number of carbonyl (C=O) groups is 1. The second-order valence-corrected chi connectivity index (χ2v) is 7.32. The van der Waals surface area contributed by atoms with E-state index in [2.05, 4.69) is 10.3 Å². The number of amides is 1. The molecule has 0 radical (unpaired) electrons. The zero-order chi connectivity index (χ0) is 19.2. The average Bonchev–Trinajstić information content (AvgIpc) is 2.69. The molecule has 0 fully saturated rings. The highest BCUT2D eigenvalue weighted by molar-refractivity contribution is 7.98. The normalized spacial score (nSPS) is 10.4. The molecule has 136 valence electrons. The summed E-state index contributed by atoms with van der Waals surface area (Å²) >= 11 is 7.81. The van der Waals surface area contributed by atoms with Gasteiger partial charge in [-0.25, -0.2) is 0 Å². The van der Waals surface area contributed by atoms with E-state index in [1.807, 2.05) is 50.3 Å². The number of aromatic nitrogens is 1. The van der Waals surface area contributed by atoms with Crippen LogP contribution in [0.1, 0.15) is 15.9 Å². The van der Waals surface area contributed by atoms with Crippen molar-refractivity contribution in [2.24, 2.45) is 0 Å². The Hall–Kier alpha value is -2.44. The predicted octanol–water partition coefficient (Wildman–Crippen LogP) is 3.55. The summed E-state index contributed by atoms with van der Waals surface area (Å²) in [6.45, 7) is 0. The van der Waals surface area contributed by atoms with E-state index >= 15 is 0 Å². The van der Waals surface area contributed by atoms with Crippen molar-refractivity contribution in [1.29, 1.82) is 0 Å². The van der Waals surface area contributed by atoms with Gasteiger partial charge in [0.1, 0.15) is 13.6 Å². The molecule has 4 nitrogen and oxygen atoms in total. The molecular formula is C20H18BClN2O2S. The van der Waals surface area contributed by atoms with Gasteiger partial charge in [0.2, 0.25) is 0 Å². The van der Waals surface area contributed by atoms with Gasteiger partial charge in [0.25, 0.3) is 5.91 Å². The van der Waals surface area contributed by atoms with Gasteiger partial charge in [0, 0.05) is 28.7 Å². The van der Waals surface area contributed by atoms with Gasteiger partial charge in [-0.2, -0.15) is 0 Å². The van der Waals surface area contributed by atoms with Gasteiger partial charge in [-0.3, -0.25) is 9.78 Å². The van der Waals surface area contributed by atoms with Crippen molar-refractivity contribution < 1.29 is 9.53 Å². The van der Waals surface area contributed by atoms with Crippen molar-refractivity contribution >= 4 is 48.3 Å². The second-order valence-electron chi connectivity index (χ2n) is 5.90. The zero-order valence-electron chi connectivity index (χ0n) is 15.0. The summed E-state index contributed by atoms with van der Waals surface area (Å²) in [6.07, 6.45) is 3.54. The predicted molar refractivity (Wildman–Crippen MR) is 114 cm³/mol. The summed E-state index contributed by atoms with van der Waals surface area (Å²) in [5.41, 5.74) is 3.33. The number of ether oxygens (including phenoxy) is 1. The molecule has 7 heteroatoms. The molecule has 27 heavy (non-hydrogen) atoms. The molecule has 2 aromatic carbocycles. The molecule has 0 spiro atoms. The Labute approximate surface area is 168 Å². The maximum absolute atomic E-state index is 12.9. The molecule has 0 atom stereocenters. The average molecular weight is 397 g/mol. The van der Waals surface area contributed by atoms with Gasteiger partial charge >= 0.3 is 0 Å². The lowest BCUT2D eigenvalue weighted by atomic mass is 9.93. The summed E-state index contributed by atoms with van der Waals surface area (Å²) in [6, 6.07) is 15.0. The minimum Gasteiger partial charge on any atom is -0.495 e. The largest absolute Gasteiger partial charge is 0.495 e. The minimum atomic E-state index is -0.169. The van der Waals surface area contributed by atoms with Crippen molar-refractivity contribution in [2.75, 3.05) is 12.4 Å². The van der Waals surface area contributed by atoms with Gasteiger partial charge < -0.3 is 10.1 Å². The lowest BCUT2D eigenvalue weighted by Crippen LogP contribution is -2.19. The van der Waals surface area contributed by atoms with Crippen LogP contribution in [-0.2, 0) is 5.75 Å². The van der Waals surface area contributed by atoms with Gasteiger partial charge in [-0.05, 0) is 42.0 Å². The maximum atomic E-state index is 12.9. The number of pyridine rings is 1. The Balaban J connectivity index is 1.78. The van der Waals surface area contributed by atoms with Crippen LogP contribution in [0.4, 0.5) is 5.69 Å². The van der Waals surface area contributed by atoms with E-state index in [-0.39, 0.29) is 5.91 Å². The summed E-state index contributed by atoms with van der Waals surface area (Å²) in [5, 5.41) is 3.41. The number of halogens is 1. The van der Waals surface area contributed by atoms with E-state index in [4.69, 9.17) is 16.3 Å². The summed E-state index contributed by atoms with van der Waals surface area (Å²) in [5.74, 6) is 1.18. The number of nitrogens with zero attached hydrogens (tertiary/aromatic N) is 1. The second kappa shape index (κ2) is 8.97. The molecule has 0 aliphatic heterocycles. The lowest BCUT2D eigenvalue weighted by Gasteiger charge is -2.13. The number of thioether (sulfide) groups is 1. The third-order valence-corrected chi connectivity index (χ3v) is 5.46. The van der Waals surface area contributed by atoms with Crippen LogP contribution in [-0.4, -0.2) is 25.8 Å². The van der Waals surface area contributed by atoms with E-state index in [1.165, 1.54) is 0 Å². The highest BCUT2D eigenvalue weighted by Gasteiger charge is 2.14. The number of benzene rings is 2. The Bertz CT molecular complexity index is 954. The highest BCUT2D eigenvalue weighted by Crippen LogP contribution is 2.28. The van der Waals surface area contributed by atoms with Crippen molar-refractivity contribution in [3.05, 3.63) is 77.1 Å². The van der Waals surface area contributed by atoms with Crippen LogP contribution in [0.5, 0.6) is 5.75 Å². The van der Waals surface area contributed by atoms with E-state index in [9.17, 15) is 4.79 Å². The SMILES string of the molecule is Bc1cc(OC)c(Cl)cc1NC(=O)c1ccccc1SCc1ccncc1.